The molecule has 4 aromatic rings. The highest BCUT2D eigenvalue weighted by molar-refractivity contribution is 5.98. The Labute approximate surface area is 172 Å². The second-order valence-corrected chi connectivity index (χ2v) is 6.94. The number of nitrogens with two attached hydrogens (primary N) is 1. The van der Waals surface area contributed by atoms with Crippen LogP contribution in [0.1, 0.15) is 10.6 Å². The predicted molar refractivity (Wildman–Crippen MR) is 113 cm³/mol. The number of halogens is 2. The van der Waals surface area contributed by atoms with Crippen LogP contribution in [-0.4, -0.2) is 28.5 Å². The first-order valence-corrected chi connectivity index (χ1v) is 9.48. The monoisotopic (exact) mass is 406 g/mol. The zero-order valence-corrected chi connectivity index (χ0v) is 16.3. The molecular weight excluding hydrogens is 386 g/mol. The average Bonchev–Trinajstić information content (AvgIpc) is 3.08. The summed E-state index contributed by atoms with van der Waals surface area (Å²) in [5, 5.41) is 2.72. The van der Waals surface area contributed by atoms with Crippen molar-refractivity contribution in [1.29, 1.82) is 0 Å². The summed E-state index contributed by atoms with van der Waals surface area (Å²) in [7, 11) is 1.76. The minimum atomic E-state index is -0.333. The van der Waals surface area contributed by atoms with Gasteiger partial charge in [0.15, 0.2) is 5.82 Å². The number of amides is 1. The van der Waals surface area contributed by atoms with Crippen LogP contribution in [0.25, 0.3) is 33.3 Å². The SMILES string of the molecule is Cn1c(C(=O)NCCN)nc2cc(-c3ccc(F)cc3)c(-c3ccc(F)cc3)cc21. The van der Waals surface area contributed by atoms with Crippen molar-refractivity contribution in [2.75, 3.05) is 13.1 Å². The van der Waals surface area contributed by atoms with E-state index in [1.54, 1.807) is 35.9 Å². The maximum absolute atomic E-state index is 13.5. The normalized spacial score (nSPS) is 11.1. The summed E-state index contributed by atoms with van der Waals surface area (Å²) in [5.74, 6) is -0.715. The van der Waals surface area contributed by atoms with Crippen LogP contribution in [0, 0.1) is 11.6 Å². The van der Waals surface area contributed by atoms with E-state index in [4.69, 9.17) is 5.73 Å². The van der Waals surface area contributed by atoms with E-state index in [2.05, 4.69) is 10.3 Å². The lowest BCUT2D eigenvalue weighted by Crippen LogP contribution is -2.30. The summed E-state index contributed by atoms with van der Waals surface area (Å²) in [5.41, 5.74) is 10.1. The molecule has 0 fully saturated rings. The quantitative estimate of drug-likeness (QED) is 0.528. The smallest absolute Gasteiger partial charge is 0.287 e. The van der Waals surface area contributed by atoms with Crippen LogP contribution in [0.15, 0.2) is 60.7 Å². The molecule has 0 spiro atoms. The Balaban J connectivity index is 1.93. The third-order valence-corrected chi connectivity index (χ3v) is 4.96. The fourth-order valence-electron chi connectivity index (χ4n) is 3.44. The Morgan fingerprint density at radius 2 is 1.50 bits per heavy atom. The molecule has 3 N–H and O–H groups in total. The molecule has 5 nitrogen and oxygen atoms in total. The molecule has 3 aromatic carbocycles. The third-order valence-electron chi connectivity index (χ3n) is 4.96. The fourth-order valence-corrected chi connectivity index (χ4v) is 3.44. The lowest BCUT2D eigenvalue weighted by molar-refractivity contribution is 0.0942. The van der Waals surface area contributed by atoms with Crippen LogP contribution in [-0.2, 0) is 7.05 Å². The number of benzene rings is 3. The largest absolute Gasteiger partial charge is 0.348 e. The van der Waals surface area contributed by atoms with Gasteiger partial charge in [-0.15, -0.1) is 0 Å². The van der Waals surface area contributed by atoms with Crippen molar-refractivity contribution in [1.82, 2.24) is 14.9 Å². The van der Waals surface area contributed by atoms with Gasteiger partial charge in [-0.25, -0.2) is 13.8 Å². The number of hydrogen-bond acceptors (Lipinski definition) is 3. The number of fused-ring (bicyclic) bond motifs is 1. The molecule has 7 heteroatoms. The van der Waals surface area contributed by atoms with E-state index in [0.717, 1.165) is 27.8 Å². The molecule has 0 unspecified atom stereocenters. The Morgan fingerprint density at radius 1 is 0.967 bits per heavy atom. The fraction of sp³-hybridized carbons (Fsp3) is 0.130. The molecule has 0 atom stereocenters. The van der Waals surface area contributed by atoms with E-state index in [-0.39, 0.29) is 23.4 Å². The number of nitrogens with zero attached hydrogens (tertiary/aromatic N) is 2. The molecule has 1 aromatic heterocycles. The highest BCUT2D eigenvalue weighted by Gasteiger charge is 2.18. The summed E-state index contributed by atoms with van der Waals surface area (Å²) in [4.78, 5) is 16.9. The summed E-state index contributed by atoms with van der Waals surface area (Å²) >= 11 is 0. The molecule has 0 radical (unpaired) electrons. The van der Waals surface area contributed by atoms with Crippen molar-refractivity contribution in [3.8, 4) is 22.3 Å². The summed E-state index contributed by atoms with van der Waals surface area (Å²) in [6.45, 7) is 0.683. The summed E-state index contributed by atoms with van der Waals surface area (Å²) < 4.78 is 28.6. The predicted octanol–water partition coefficient (Wildman–Crippen LogP) is 3.87. The molecule has 152 valence electrons. The van der Waals surface area contributed by atoms with Gasteiger partial charge in [-0.2, -0.15) is 0 Å². The molecule has 0 bridgehead atoms. The second-order valence-electron chi connectivity index (χ2n) is 6.94. The lowest BCUT2D eigenvalue weighted by atomic mass is 9.94. The Bertz CT molecular complexity index is 1210. The number of aromatic nitrogens is 2. The van der Waals surface area contributed by atoms with Crippen LogP contribution in [0.5, 0.6) is 0 Å². The molecule has 0 aliphatic heterocycles. The van der Waals surface area contributed by atoms with Crippen molar-refractivity contribution in [2.24, 2.45) is 12.8 Å². The van der Waals surface area contributed by atoms with E-state index < -0.39 is 0 Å². The van der Waals surface area contributed by atoms with Crippen molar-refractivity contribution in [3.05, 3.63) is 78.1 Å². The van der Waals surface area contributed by atoms with Crippen LogP contribution < -0.4 is 11.1 Å². The van der Waals surface area contributed by atoms with E-state index in [0.29, 0.717) is 18.6 Å². The molecule has 0 aliphatic carbocycles. The van der Waals surface area contributed by atoms with Crippen molar-refractivity contribution in [3.63, 3.8) is 0 Å². The number of hydrogen-bond donors (Lipinski definition) is 2. The van der Waals surface area contributed by atoms with Gasteiger partial charge in [0.05, 0.1) is 11.0 Å². The van der Waals surface area contributed by atoms with Crippen LogP contribution >= 0.6 is 0 Å². The van der Waals surface area contributed by atoms with E-state index in [1.165, 1.54) is 24.3 Å². The Morgan fingerprint density at radius 3 is 2.03 bits per heavy atom. The topological polar surface area (TPSA) is 72.9 Å². The van der Waals surface area contributed by atoms with Gasteiger partial charge in [-0.05, 0) is 58.7 Å². The number of carbonyl (C=O) groups is 1. The number of aryl methyl sites for hydroxylation is 1. The Kier molecular flexibility index (Phi) is 5.29. The van der Waals surface area contributed by atoms with Crippen LogP contribution in [0.4, 0.5) is 8.78 Å². The summed E-state index contributed by atoms with van der Waals surface area (Å²) in [6.07, 6.45) is 0. The van der Waals surface area contributed by atoms with Gasteiger partial charge in [0.25, 0.3) is 5.91 Å². The minimum Gasteiger partial charge on any atom is -0.348 e. The number of carbonyl (C=O) groups excluding carboxylic acids is 1. The van der Waals surface area contributed by atoms with Crippen molar-refractivity contribution >= 4 is 16.9 Å². The maximum Gasteiger partial charge on any atom is 0.287 e. The number of nitrogens with one attached hydrogen (secondary N) is 1. The maximum atomic E-state index is 13.5. The van der Waals surface area contributed by atoms with Gasteiger partial charge in [0.1, 0.15) is 11.6 Å². The number of imidazole rings is 1. The zero-order valence-electron chi connectivity index (χ0n) is 16.3. The summed E-state index contributed by atoms with van der Waals surface area (Å²) in [6, 6.07) is 16.1. The first kappa shape index (κ1) is 19.7. The highest BCUT2D eigenvalue weighted by atomic mass is 19.1. The van der Waals surface area contributed by atoms with Crippen molar-refractivity contribution < 1.29 is 13.6 Å². The van der Waals surface area contributed by atoms with Gasteiger partial charge in [0, 0.05) is 20.1 Å². The van der Waals surface area contributed by atoms with E-state index in [1.807, 2.05) is 12.1 Å². The molecular formula is C23H20F2N4O. The number of rotatable bonds is 5. The van der Waals surface area contributed by atoms with Gasteiger partial charge in [-0.3, -0.25) is 4.79 Å². The van der Waals surface area contributed by atoms with Gasteiger partial charge in [-0.1, -0.05) is 24.3 Å². The Hall–Kier alpha value is -3.58. The molecule has 0 saturated carbocycles. The minimum absolute atomic E-state index is 0.264. The van der Waals surface area contributed by atoms with Gasteiger partial charge < -0.3 is 15.6 Å². The molecule has 0 saturated heterocycles. The third kappa shape index (κ3) is 3.67. The van der Waals surface area contributed by atoms with Crippen LogP contribution in [0.2, 0.25) is 0 Å². The molecule has 1 heterocycles. The second kappa shape index (κ2) is 8.04. The molecule has 0 aliphatic rings. The van der Waals surface area contributed by atoms with Gasteiger partial charge >= 0.3 is 0 Å². The van der Waals surface area contributed by atoms with E-state index in [9.17, 15) is 13.6 Å². The molecule has 30 heavy (non-hydrogen) atoms. The van der Waals surface area contributed by atoms with Gasteiger partial charge in [0.2, 0.25) is 0 Å². The first-order valence-electron chi connectivity index (χ1n) is 9.48. The molecule has 4 rings (SSSR count). The highest BCUT2D eigenvalue weighted by Crippen LogP contribution is 2.36. The lowest BCUT2D eigenvalue weighted by Gasteiger charge is -2.12. The first-order chi connectivity index (χ1) is 14.5. The van der Waals surface area contributed by atoms with E-state index >= 15 is 0 Å². The average molecular weight is 406 g/mol. The molecule has 1 amide bonds. The standard InChI is InChI=1S/C23H20F2N4O/c1-29-21-13-19(15-4-8-17(25)9-5-15)18(14-2-6-16(24)7-3-14)12-20(21)28-22(29)23(30)27-11-10-26/h2-9,12-13H,10-11,26H2,1H3,(H,27,30). The van der Waals surface area contributed by atoms with Crippen molar-refractivity contribution in [2.45, 2.75) is 0 Å². The zero-order chi connectivity index (χ0) is 21.3. The van der Waals surface area contributed by atoms with Crippen LogP contribution in [0.3, 0.4) is 0 Å².